The molecule has 0 saturated heterocycles. The average molecular weight is 347 g/mol. The molecule has 0 unspecified atom stereocenters. The van der Waals surface area contributed by atoms with Crippen molar-refractivity contribution in [3.63, 3.8) is 0 Å². The Morgan fingerprint density at radius 2 is 1.77 bits per heavy atom. The van der Waals surface area contributed by atoms with E-state index in [-0.39, 0.29) is 5.91 Å². The molecule has 0 fully saturated rings. The Kier molecular flexibility index (Phi) is 4.07. The summed E-state index contributed by atoms with van der Waals surface area (Å²) in [4.78, 5) is 12.6. The fraction of sp³-hybridized carbons (Fsp3) is 0. The molecule has 26 heavy (non-hydrogen) atoms. The van der Waals surface area contributed by atoms with Gasteiger partial charge in [0.1, 0.15) is 17.2 Å². The number of H-pyrrole nitrogens is 1. The summed E-state index contributed by atoms with van der Waals surface area (Å²) >= 11 is 0. The largest absolute Gasteiger partial charge is 0.463 e. The normalized spacial score (nSPS) is 10.7. The number of aromatic nitrogens is 2. The van der Waals surface area contributed by atoms with Gasteiger partial charge >= 0.3 is 0 Å². The van der Waals surface area contributed by atoms with Crippen LogP contribution in [-0.2, 0) is 0 Å². The molecular formula is C20H14FN3O2. The Hall–Kier alpha value is -3.67. The van der Waals surface area contributed by atoms with Gasteiger partial charge < -0.3 is 9.73 Å². The molecule has 5 nitrogen and oxygen atoms in total. The second-order valence-electron chi connectivity index (χ2n) is 5.63. The van der Waals surface area contributed by atoms with E-state index >= 15 is 0 Å². The molecule has 6 heteroatoms. The zero-order valence-electron chi connectivity index (χ0n) is 13.6. The summed E-state index contributed by atoms with van der Waals surface area (Å²) in [6.07, 6.45) is 1.55. The van der Waals surface area contributed by atoms with Crippen LogP contribution in [-0.4, -0.2) is 16.1 Å². The summed E-state index contributed by atoms with van der Waals surface area (Å²) in [5, 5.41) is 10.1. The zero-order valence-corrected chi connectivity index (χ0v) is 13.6. The van der Waals surface area contributed by atoms with Crippen molar-refractivity contribution in [2.45, 2.75) is 0 Å². The quantitative estimate of drug-likeness (QED) is 0.561. The number of nitrogens with one attached hydrogen (secondary N) is 2. The van der Waals surface area contributed by atoms with Crippen LogP contribution in [0.15, 0.2) is 77.4 Å². The number of nitrogens with zero attached hydrogens (tertiary/aromatic N) is 1. The summed E-state index contributed by atoms with van der Waals surface area (Å²) < 4.78 is 18.5. The molecule has 0 bridgehead atoms. The highest BCUT2D eigenvalue weighted by Crippen LogP contribution is 2.35. The molecule has 2 N–H and O–H groups in total. The number of amides is 1. The minimum atomic E-state index is -0.397. The second-order valence-corrected chi connectivity index (χ2v) is 5.63. The maximum Gasteiger partial charge on any atom is 0.255 e. The van der Waals surface area contributed by atoms with Gasteiger partial charge in [0.25, 0.3) is 5.91 Å². The van der Waals surface area contributed by atoms with Gasteiger partial charge in [0, 0.05) is 11.1 Å². The van der Waals surface area contributed by atoms with Crippen molar-refractivity contribution in [3.8, 4) is 22.7 Å². The molecule has 0 atom stereocenters. The van der Waals surface area contributed by atoms with Crippen molar-refractivity contribution in [3.05, 3.63) is 84.4 Å². The van der Waals surface area contributed by atoms with E-state index in [0.29, 0.717) is 28.4 Å². The number of hydrogen-bond acceptors (Lipinski definition) is 3. The van der Waals surface area contributed by atoms with E-state index in [0.717, 1.165) is 5.56 Å². The van der Waals surface area contributed by atoms with Gasteiger partial charge in [0.15, 0.2) is 5.76 Å². The van der Waals surface area contributed by atoms with E-state index in [9.17, 15) is 9.18 Å². The van der Waals surface area contributed by atoms with Gasteiger partial charge in [-0.15, -0.1) is 0 Å². The summed E-state index contributed by atoms with van der Waals surface area (Å²) in [7, 11) is 0. The molecule has 0 saturated carbocycles. The van der Waals surface area contributed by atoms with Gasteiger partial charge in [0.05, 0.1) is 12.0 Å². The second kappa shape index (κ2) is 6.68. The van der Waals surface area contributed by atoms with Gasteiger partial charge in [-0.05, 0) is 36.4 Å². The number of carbonyl (C=O) groups is 1. The zero-order chi connectivity index (χ0) is 17.9. The molecule has 4 rings (SSSR count). The van der Waals surface area contributed by atoms with Crippen molar-refractivity contribution in [1.29, 1.82) is 0 Å². The average Bonchev–Trinajstić information content (AvgIpc) is 3.32. The van der Waals surface area contributed by atoms with Crippen LogP contribution in [0.5, 0.6) is 0 Å². The molecule has 0 aliphatic carbocycles. The van der Waals surface area contributed by atoms with E-state index in [1.165, 1.54) is 24.3 Å². The van der Waals surface area contributed by atoms with E-state index in [1.54, 1.807) is 18.4 Å². The van der Waals surface area contributed by atoms with Gasteiger partial charge in [-0.3, -0.25) is 9.89 Å². The van der Waals surface area contributed by atoms with Gasteiger partial charge in [-0.1, -0.05) is 30.3 Å². The molecular weight excluding hydrogens is 333 g/mol. The first kappa shape index (κ1) is 15.8. The van der Waals surface area contributed by atoms with Crippen molar-refractivity contribution < 1.29 is 13.6 Å². The highest BCUT2D eigenvalue weighted by atomic mass is 19.1. The Morgan fingerprint density at radius 3 is 2.46 bits per heavy atom. The van der Waals surface area contributed by atoms with Crippen LogP contribution in [0, 0.1) is 5.82 Å². The topological polar surface area (TPSA) is 70.9 Å². The fourth-order valence-corrected chi connectivity index (χ4v) is 2.65. The maximum atomic E-state index is 13.1. The van der Waals surface area contributed by atoms with E-state index in [4.69, 9.17) is 4.42 Å². The highest BCUT2D eigenvalue weighted by molar-refractivity contribution is 6.08. The summed E-state index contributed by atoms with van der Waals surface area (Å²) in [6.45, 7) is 0. The predicted octanol–water partition coefficient (Wildman–Crippen LogP) is 4.73. The molecule has 2 aromatic heterocycles. The van der Waals surface area contributed by atoms with Gasteiger partial charge in [-0.2, -0.15) is 5.10 Å². The summed E-state index contributed by atoms with van der Waals surface area (Å²) in [6, 6.07) is 18.4. The molecule has 0 aliphatic heterocycles. The SMILES string of the molecule is O=C(Nc1c(-c2ccccc2)n[nH]c1-c1ccco1)c1ccc(F)cc1. The first-order valence-corrected chi connectivity index (χ1v) is 7.97. The van der Waals surface area contributed by atoms with Gasteiger partial charge in [0.2, 0.25) is 0 Å². The van der Waals surface area contributed by atoms with Crippen LogP contribution in [0.25, 0.3) is 22.7 Å². The first-order chi connectivity index (χ1) is 12.7. The number of hydrogen-bond donors (Lipinski definition) is 2. The van der Waals surface area contributed by atoms with Crippen molar-refractivity contribution in [2.24, 2.45) is 0 Å². The number of carbonyl (C=O) groups excluding carboxylic acids is 1. The Bertz CT molecular complexity index is 1020. The Balaban J connectivity index is 1.76. The minimum Gasteiger partial charge on any atom is -0.463 e. The monoisotopic (exact) mass is 347 g/mol. The molecule has 0 aliphatic rings. The number of furan rings is 1. The molecule has 4 aromatic rings. The Labute approximate surface area is 148 Å². The van der Waals surface area contributed by atoms with Crippen LogP contribution in [0.4, 0.5) is 10.1 Å². The van der Waals surface area contributed by atoms with Crippen molar-refractivity contribution in [2.75, 3.05) is 5.32 Å². The smallest absolute Gasteiger partial charge is 0.255 e. The summed E-state index contributed by atoms with van der Waals surface area (Å²) in [5.41, 5.74) is 2.84. The van der Waals surface area contributed by atoms with Crippen LogP contribution >= 0.6 is 0 Å². The number of benzene rings is 2. The number of rotatable bonds is 4. The molecule has 0 radical (unpaired) electrons. The highest BCUT2D eigenvalue weighted by Gasteiger charge is 2.20. The Morgan fingerprint density at radius 1 is 1.00 bits per heavy atom. The third-order valence-corrected chi connectivity index (χ3v) is 3.93. The molecule has 2 heterocycles. The van der Waals surface area contributed by atoms with Crippen LogP contribution in [0.1, 0.15) is 10.4 Å². The minimum absolute atomic E-state index is 0.344. The van der Waals surface area contributed by atoms with Crippen LogP contribution in [0.3, 0.4) is 0 Å². The third-order valence-electron chi connectivity index (χ3n) is 3.93. The van der Waals surface area contributed by atoms with E-state index < -0.39 is 5.82 Å². The van der Waals surface area contributed by atoms with E-state index in [1.807, 2.05) is 30.3 Å². The maximum absolute atomic E-state index is 13.1. The molecule has 2 aromatic carbocycles. The predicted molar refractivity (Wildman–Crippen MR) is 96.1 cm³/mol. The van der Waals surface area contributed by atoms with Crippen LogP contribution in [0.2, 0.25) is 0 Å². The van der Waals surface area contributed by atoms with Gasteiger partial charge in [-0.25, -0.2) is 4.39 Å². The first-order valence-electron chi connectivity index (χ1n) is 7.97. The van der Waals surface area contributed by atoms with Crippen LogP contribution < -0.4 is 5.32 Å². The lowest BCUT2D eigenvalue weighted by atomic mass is 10.1. The lowest BCUT2D eigenvalue weighted by Gasteiger charge is -2.08. The molecule has 0 spiro atoms. The lowest BCUT2D eigenvalue weighted by molar-refractivity contribution is 0.102. The summed E-state index contributed by atoms with van der Waals surface area (Å²) in [5.74, 6) is -0.211. The standard InChI is InChI=1S/C20H14FN3O2/c21-15-10-8-14(9-11-15)20(25)22-19-17(13-5-2-1-3-6-13)23-24-18(19)16-7-4-12-26-16/h1-12H,(H,22,25)(H,23,24). The van der Waals surface area contributed by atoms with E-state index in [2.05, 4.69) is 15.5 Å². The van der Waals surface area contributed by atoms with Crippen molar-refractivity contribution >= 4 is 11.6 Å². The number of halogens is 1. The molecule has 1 amide bonds. The van der Waals surface area contributed by atoms with Crippen molar-refractivity contribution in [1.82, 2.24) is 10.2 Å². The fourth-order valence-electron chi connectivity index (χ4n) is 2.65. The number of anilines is 1. The third kappa shape index (κ3) is 3.00. The number of aromatic amines is 1. The lowest BCUT2D eigenvalue weighted by Crippen LogP contribution is -2.12. The molecule has 128 valence electrons.